The Hall–Kier alpha value is 0.354. The summed E-state index contributed by atoms with van der Waals surface area (Å²) in [6.45, 7) is 12.4. The molecule has 0 saturated carbocycles. The van der Waals surface area contributed by atoms with Gasteiger partial charge in [-0.1, -0.05) is 26.7 Å². The summed E-state index contributed by atoms with van der Waals surface area (Å²) in [5, 5.41) is 0. The maximum atomic E-state index is 6.34. The normalized spacial score (nSPS) is 14.4. The molecule has 0 amide bonds. The number of rotatable bonds is 9. The summed E-state index contributed by atoms with van der Waals surface area (Å²) in [7, 11) is -2.29. The Labute approximate surface area is 105 Å². The summed E-state index contributed by atoms with van der Waals surface area (Å²) in [5.41, 5.74) is 5.56. The highest BCUT2D eigenvalue weighted by atomic mass is 28.4. The van der Waals surface area contributed by atoms with Crippen LogP contribution in [-0.2, 0) is 4.12 Å². The molecule has 0 spiro atoms. The molecule has 1 atom stereocenters. The van der Waals surface area contributed by atoms with Gasteiger partial charge in [-0.3, -0.25) is 0 Å². The molecule has 0 bridgehead atoms. The predicted molar refractivity (Wildman–Crippen MR) is 78.9 cm³/mol. The van der Waals surface area contributed by atoms with Crippen LogP contribution in [0.25, 0.3) is 0 Å². The van der Waals surface area contributed by atoms with Crippen LogP contribution in [0.2, 0.25) is 31.7 Å². The fourth-order valence-corrected chi connectivity index (χ4v) is 9.17. The van der Waals surface area contributed by atoms with Crippen molar-refractivity contribution in [1.82, 2.24) is 0 Å². The standard InChI is InChI=1S/C12H31NOSi2/c1-12(2)8-6-10-15(3)14-16(4,5)11-7-9-13/h12,15H,6-11,13H2,1-5H3. The third-order valence-corrected chi connectivity index (χ3v) is 9.84. The molecule has 0 fully saturated rings. The van der Waals surface area contributed by atoms with Crippen LogP contribution >= 0.6 is 0 Å². The number of nitrogens with two attached hydrogens (primary N) is 1. The van der Waals surface area contributed by atoms with Gasteiger partial charge in [0.2, 0.25) is 0 Å². The topological polar surface area (TPSA) is 35.2 Å². The Morgan fingerprint density at radius 1 is 1.25 bits per heavy atom. The molecule has 0 aromatic rings. The Morgan fingerprint density at radius 3 is 2.38 bits per heavy atom. The van der Waals surface area contributed by atoms with Crippen molar-refractivity contribution in [1.29, 1.82) is 0 Å². The van der Waals surface area contributed by atoms with Gasteiger partial charge < -0.3 is 9.85 Å². The zero-order chi connectivity index (χ0) is 12.6. The van der Waals surface area contributed by atoms with E-state index in [1.165, 1.54) is 24.9 Å². The summed E-state index contributed by atoms with van der Waals surface area (Å²) in [4.78, 5) is 0. The lowest BCUT2D eigenvalue weighted by Crippen LogP contribution is -2.36. The molecule has 0 aliphatic rings. The van der Waals surface area contributed by atoms with Crippen molar-refractivity contribution < 1.29 is 4.12 Å². The average Bonchev–Trinajstić information content (AvgIpc) is 2.13. The molecule has 0 aromatic heterocycles. The summed E-state index contributed by atoms with van der Waals surface area (Å²) in [6, 6.07) is 2.57. The quantitative estimate of drug-likeness (QED) is 0.646. The van der Waals surface area contributed by atoms with Crippen LogP contribution in [0, 0.1) is 5.92 Å². The first-order valence-electron chi connectivity index (χ1n) is 6.75. The average molecular weight is 262 g/mol. The zero-order valence-corrected chi connectivity index (χ0v) is 14.0. The second-order valence-corrected chi connectivity index (χ2v) is 13.1. The van der Waals surface area contributed by atoms with E-state index in [2.05, 4.69) is 33.5 Å². The van der Waals surface area contributed by atoms with Crippen LogP contribution < -0.4 is 5.73 Å². The van der Waals surface area contributed by atoms with Crippen molar-refractivity contribution in [3.63, 3.8) is 0 Å². The number of hydrogen-bond acceptors (Lipinski definition) is 2. The maximum Gasteiger partial charge on any atom is 0.173 e. The van der Waals surface area contributed by atoms with Crippen molar-refractivity contribution in [3.05, 3.63) is 0 Å². The second-order valence-electron chi connectivity index (χ2n) is 5.91. The molecule has 0 heterocycles. The van der Waals surface area contributed by atoms with E-state index >= 15 is 0 Å². The smallest absolute Gasteiger partial charge is 0.173 e. The predicted octanol–water partition coefficient (Wildman–Crippen LogP) is 3.35. The van der Waals surface area contributed by atoms with E-state index in [4.69, 9.17) is 9.85 Å². The zero-order valence-electron chi connectivity index (χ0n) is 11.9. The highest BCUT2D eigenvalue weighted by Gasteiger charge is 2.24. The second kappa shape index (κ2) is 8.45. The van der Waals surface area contributed by atoms with E-state index < -0.39 is 17.4 Å². The third kappa shape index (κ3) is 9.57. The molecule has 98 valence electrons. The van der Waals surface area contributed by atoms with Gasteiger partial charge >= 0.3 is 0 Å². The van der Waals surface area contributed by atoms with E-state index in [1.54, 1.807) is 0 Å². The highest BCUT2D eigenvalue weighted by Crippen LogP contribution is 2.17. The molecule has 0 aliphatic heterocycles. The van der Waals surface area contributed by atoms with Crippen LogP contribution in [0.1, 0.15) is 33.1 Å². The number of hydrogen-bond donors (Lipinski definition) is 1. The molecule has 0 aliphatic carbocycles. The van der Waals surface area contributed by atoms with E-state index in [-0.39, 0.29) is 0 Å². The van der Waals surface area contributed by atoms with Crippen LogP contribution in [-0.4, -0.2) is 23.9 Å². The Bertz CT molecular complexity index is 174. The molecule has 16 heavy (non-hydrogen) atoms. The van der Waals surface area contributed by atoms with E-state index in [0.717, 1.165) is 18.9 Å². The van der Waals surface area contributed by atoms with Crippen LogP contribution in [0.15, 0.2) is 0 Å². The molecule has 0 radical (unpaired) electrons. The lowest BCUT2D eigenvalue weighted by molar-refractivity contribution is 0.533. The molecular formula is C12H31NOSi2. The lowest BCUT2D eigenvalue weighted by atomic mass is 10.1. The first kappa shape index (κ1) is 16.4. The highest BCUT2D eigenvalue weighted by molar-refractivity contribution is 6.78. The summed E-state index contributed by atoms with van der Waals surface area (Å²) >= 11 is 0. The lowest BCUT2D eigenvalue weighted by Gasteiger charge is -2.27. The van der Waals surface area contributed by atoms with Crippen LogP contribution in [0.5, 0.6) is 0 Å². The Balaban J connectivity index is 3.71. The first-order valence-corrected chi connectivity index (χ1v) is 12.3. The summed E-state index contributed by atoms with van der Waals surface area (Å²) < 4.78 is 6.34. The SMILES string of the molecule is CC(C)CCC[SiH](C)O[Si](C)(C)CCCN. The van der Waals surface area contributed by atoms with Crippen molar-refractivity contribution in [2.24, 2.45) is 11.7 Å². The van der Waals surface area contributed by atoms with Crippen LogP contribution in [0.4, 0.5) is 0 Å². The summed E-state index contributed by atoms with van der Waals surface area (Å²) in [6.07, 6.45) is 3.84. The molecule has 0 aromatic carbocycles. The van der Waals surface area contributed by atoms with Gasteiger partial charge in [-0.15, -0.1) is 0 Å². The molecule has 4 heteroatoms. The van der Waals surface area contributed by atoms with E-state index in [0.29, 0.717) is 0 Å². The molecule has 0 rings (SSSR count). The fourth-order valence-electron chi connectivity index (χ4n) is 2.00. The largest absolute Gasteiger partial charge is 0.458 e. The van der Waals surface area contributed by atoms with Gasteiger partial charge in [-0.25, -0.2) is 0 Å². The Morgan fingerprint density at radius 2 is 1.88 bits per heavy atom. The minimum atomic E-state index is -1.38. The van der Waals surface area contributed by atoms with Gasteiger partial charge in [0.05, 0.1) is 0 Å². The molecule has 2 nitrogen and oxygen atoms in total. The van der Waals surface area contributed by atoms with E-state index in [1.807, 2.05) is 0 Å². The minimum absolute atomic E-state index is 0.809. The summed E-state index contributed by atoms with van der Waals surface area (Å²) in [5.74, 6) is 0.837. The van der Waals surface area contributed by atoms with Gasteiger partial charge in [0.15, 0.2) is 17.4 Å². The first-order chi connectivity index (χ1) is 7.37. The minimum Gasteiger partial charge on any atom is -0.458 e. The molecule has 2 N–H and O–H groups in total. The molecular weight excluding hydrogens is 230 g/mol. The van der Waals surface area contributed by atoms with Crippen molar-refractivity contribution >= 4 is 17.4 Å². The van der Waals surface area contributed by atoms with Gasteiger partial charge in [0.1, 0.15) is 0 Å². The van der Waals surface area contributed by atoms with Gasteiger partial charge in [0, 0.05) is 0 Å². The van der Waals surface area contributed by atoms with Crippen LogP contribution in [0.3, 0.4) is 0 Å². The third-order valence-electron chi connectivity index (χ3n) is 2.90. The van der Waals surface area contributed by atoms with Gasteiger partial charge in [-0.05, 0) is 50.6 Å². The fraction of sp³-hybridized carbons (Fsp3) is 1.00. The van der Waals surface area contributed by atoms with Gasteiger partial charge in [-0.2, -0.15) is 0 Å². The van der Waals surface area contributed by atoms with Gasteiger partial charge in [0.25, 0.3) is 0 Å². The monoisotopic (exact) mass is 261 g/mol. The Kier molecular flexibility index (Phi) is 8.63. The maximum absolute atomic E-state index is 6.34. The van der Waals surface area contributed by atoms with E-state index in [9.17, 15) is 0 Å². The molecule has 1 unspecified atom stereocenters. The van der Waals surface area contributed by atoms with Crippen molar-refractivity contribution in [2.45, 2.75) is 64.8 Å². The van der Waals surface area contributed by atoms with Crippen molar-refractivity contribution in [3.8, 4) is 0 Å². The molecule has 0 saturated heterocycles. The van der Waals surface area contributed by atoms with Crippen molar-refractivity contribution in [2.75, 3.05) is 6.54 Å².